The smallest absolute Gasteiger partial charge is 0.227 e. The fourth-order valence-electron chi connectivity index (χ4n) is 2.78. The molecule has 0 saturated carbocycles. The van der Waals surface area contributed by atoms with E-state index in [9.17, 15) is 9.59 Å². The molecule has 2 heterocycles. The molecule has 0 bridgehead atoms. The maximum Gasteiger partial charge on any atom is 0.227 e. The van der Waals surface area contributed by atoms with Crippen LogP contribution in [-0.4, -0.2) is 33.1 Å². The van der Waals surface area contributed by atoms with Gasteiger partial charge in [-0.1, -0.05) is 15.9 Å². The Hall–Kier alpha value is -2.00. The molecule has 3 rings (SSSR count). The fraction of sp³-hybridized carbons (Fsp3) is 0.375. The van der Waals surface area contributed by atoms with Crippen molar-refractivity contribution >= 4 is 45.6 Å². The molecule has 1 unspecified atom stereocenters. The highest BCUT2D eigenvalue weighted by atomic mass is 79.9. The molecule has 0 aliphatic carbocycles. The van der Waals surface area contributed by atoms with Gasteiger partial charge in [-0.05, 0) is 42.9 Å². The first-order valence-electron chi connectivity index (χ1n) is 7.81. The Morgan fingerprint density at radius 2 is 2.28 bits per heavy atom. The first kappa shape index (κ1) is 17.8. The molecule has 9 heteroatoms. The summed E-state index contributed by atoms with van der Waals surface area (Å²) in [7, 11) is 1.78. The van der Waals surface area contributed by atoms with Crippen molar-refractivity contribution in [2.24, 2.45) is 13.0 Å². The number of aryl methyl sites for hydroxylation is 1. The van der Waals surface area contributed by atoms with E-state index < -0.39 is 0 Å². The van der Waals surface area contributed by atoms with E-state index in [2.05, 4.69) is 31.4 Å². The van der Waals surface area contributed by atoms with Gasteiger partial charge in [0, 0.05) is 30.2 Å². The summed E-state index contributed by atoms with van der Waals surface area (Å²) in [6, 6.07) is 5.73. The van der Waals surface area contributed by atoms with E-state index in [1.807, 2.05) is 25.1 Å². The molecule has 1 saturated heterocycles. The maximum atomic E-state index is 12.4. The van der Waals surface area contributed by atoms with Gasteiger partial charge in [0.1, 0.15) is 0 Å². The molecule has 7 nitrogen and oxygen atoms in total. The second kappa shape index (κ2) is 7.09. The number of carbonyl (C=O) groups is 2. The van der Waals surface area contributed by atoms with Crippen LogP contribution < -0.4 is 10.2 Å². The number of anilines is 1. The summed E-state index contributed by atoms with van der Waals surface area (Å²) in [5, 5.41) is 9.57. The third kappa shape index (κ3) is 3.67. The minimum atomic E-state index is -0.372. The van der Waals surface area contributed by atoms with E-state index in [0.717, 1.165) is 15.7 Å². The van der Waals surface area contributed by atoms with Crippen molar-refractivity contribution in [1.82, 2.24) is 20.1 Å². The zero-order valence-electron chi connectivity index (χ0n) is 13.9. The Morgan fingerprint density at radius 1 is 1.52 bits per heavy atom. The van der Waals surface area contributed by atoms with Gasteiger partial charge in [0.2, 0.25) is 11.8 Å². The number of nitrogens with zero attached hydrogens (tertiary/aromatic N) is 3. The zero-order chi connectivity index (χ0) is 18.1. The number of rotatable bonds is 4. The van der Waals surface area contributed by atoms with E-state index in [1.54, 1.807) is 16.5 Å². The highest BCUT2D eigenvalue weighted by Gasteiger charge is 2.35. The maximum absolute atomic E-state index is 12.4. The van der Waals surface area contributed by atoms with Crippen LogP contribution in [0.1, 0.15) is 17.8 Å². The van der Waals surface area contributed by atoms with Gasteiger partial charge >= 0.3 is 0 Å². The molecular weight excluding hydrogens is 406 g/mol. The average Bonchev–Trinajstić information content (AvgIpc) is 3.12. The molecule has 1 atom stereocenters. The second-order valence-corrected chi connectivity index (χ2v) is 7.30. The minimum absolute atomic E-state index is 0.0416. The quantitative estimate of drug-likeness (QED) is 0.738. The van der Waals surface area contributed by atoms with E-state index in [-0.39, 0.29) is 30.7 Å². The molecule has 0 spiro atoms. The number of hydrogen-bond acceptors (Lipinski definition) is 4. The molecule has 132 valence electrons. The van der Waals surface area contributed by atoms with Crippen LogP contribution in [0.3, 0.4) is 0 Å². The summed E-state index contributed by atoms with van der Waals surface area (Å²) in [4.78, 5) is 26.4. The number of amides is 2. The summed E-state index contributed by atoms with van der Waals surface area (Å²) in [5.74, 6) is 0.0744. The summed E-state index contributed by atoms with van der Waals surface area (Å²) < 4.78 is 3.19. The van der Waals surface area contributed by atoms with Gasteiger partial charge in [-0.2, -0.15) is 5.10 Å². The normalized spacial score (nSPS) is 17.2. The molecular formula is C16H18BrN5O2S. The molecule has 2 N–H and O–H groups in total. The number of H-pyrrole nitrogens is 1. The van der Waals surface area contributed by atoms with E-state index in [4.69, 9.17) is 12.2 Å². The molecule has 0 radical (unpaired) electrons. The number of benzene rings is 1. The Morgan fingerprint density at radius 3 is 2.92 bits per heavy atom. The highest BCUT2D eigenvalue weighted by molar-refractivity contribution is 9.10. The van der Waals surface area contributed by atoms with Gasteiger partial charge < -0.3 is 14.8 Å². The Labute approximate surface area is 158 Å². The number of hydrogen-bond donors (Lipinski definition) is 2. The summed E-state index contributed by atoms with van der Waals surface area (Å²) in [6.45, 7) is 2.62. The molecule has 1 aromatic carbocycles. The van der Waals surface area contributed by atoms with Crippen LogP contribution in [0, 0.1) is 17.6 Å². The number of nitrogens with one attached hydrogen (secondary N) is 2. The number of halogens is 1. The van der Waals surface area contributed by atoms with Crippen LogP contribution in [0.25, 0.3) is 0 Å². The lowest BCUT2D eigenvalue weighted by atomic mass is 10.1. The zero-order valence-corrected chi connectivity index (χ0v) is 16.3. The predicted octanol–water partition coefficient (Wildman–Crippen LogP) is 2.22. The van der Waals surface area contributed by atoms with Gasteiger partial charge in [0.25, 0.3) is 0 Å². The number of aromatic amines is 1. The Kier molecular flexibility index (Phi) is 5.05. The van der Waals surface area contributed by atoms with Crippen LogP contribution in [-0.2, 0) is 23.2 Å². The molecule has 25 heavy (non-hydrogen) atoms. The Bertz CT molecular complexity index is 891. The molecule has 1 aliphatic rings. The van der Waals surface area contributed by atoms with Crippen molar-refractivity contribution in [3.63, 3.8) is 0 Å². The standard InChI is InChI=1S/C16H18BrN5O2S/c1-9-5-11(3-4-12(9)17)22-8-10(6-14(22)23)15(24)18-7-13-19-20-16(25)21(13)2/h3-5,10H,6-8H2,1-2H3,(H,18,24)(H,20,25). The molecule has 2 aromatic rings. The van der Waals surface area contributed by atoms with Crippen molar-refractivity contribution in [3.8, 4) is 0 Å². The summed E-state index contributed by atoms with van der Waals surface area (Å²) in [5.41, 5.74) is 1.86. The predicted molar refractivity (Wildman–Crippen MR) is 99.6 cm³/mol. The lowest BCUT2D eigenvalue weighted by Gasteiger charge is -2.17. The third-order valence-corrected chi connectivity index (χ3v) is 5.60. The fourth-order valence-corrected chi connectivity index (χ4v) is 3.18. The van der Waals surface area contributed by atoms with Crippen molar-refractivity contribution in [3.05, 3.63) is 38.8 Å². The lowest BCUT2D eigenvalue weighted by molar-refractivity contribution is -0.126. The lowest BCUT2D eigenvalue weighted by Crippen LogP contribution is -2.33. The van der Waals surface area contributed by atoms with E-state index in [1.165, 1.54) is 0 Å². The van der Waals surface area contributed by atoms with Crippen molar-refractivity contribution < 1.29 is 9.59 Å². The van der Waals surface area contributed by atoms with Gasteiger partial charge in [0.05, 0.1) is 12.5 Å². The first-order valence-corrected chi connectivity index (χ1v) is 9.01. The molecule has 2 amide bonds. The van der Waals surface area contributed by atoms with Gasteiger partial charge in [-0.15, -0.1) is 0 Å². The Balaban J connectivity index is 1.65. The van der Waals surface area contributed by atoms with Crippen LogP contribution >= 0.6 is 28.1 Å². The van der Waals surface area contributed by atoms with Gasteiger partial charge in [0.15, 0.2) is 10.6 Å². The first-order chi connectivity index (χ1) is 11.9. The molecule has 1 fully saturated rings. The van der Waals surface area contributed by atoms with Crippen molar-refractivity contribution in [2.45, 2.75) is 19.9 Å². The monoisotopic (exact) mass is 423 g/mol. The van der Waals surface area contributed by atoms with E-state index >= 15 is 0 Å². The topological polar surface area (TPSA) is 83.0 Å². The van der Waals surface area contributed by atoms with Crippen LogP contribution in [0.4, 0.5) is 5.69 Å². The van der Waals surface area contributed by atoms with Crippen LogP contribution in [0.5, 0.6) is 0 Å². The van der Waals surface area contributed by atoms with Crippen LogP contribution in [0.2, 0.25) is 0 Å². The molecule has 1 aromatic heterocycles. The number of aromatic nitrogens is 3. The minimum Gasteiger partial charge on any atom is -0.348 e. The van der Waals surface area contributed by atoms with Crippen molar-refractivity contribution in [2.75, 3.05) is 11.4 Å². The van der Waals surface area contributed by atoms with E-state index in [0.29, 0.717) is 17.1 Å². The van der Waals surface area contributed by atoms with Gasteiger partial charge in [-0.3, -0.25) is 14.7 Å². The third-order valence-electron chi connectivity index (χ3n) is 4.34. The average molecular weight is 424 g/mol. The van der Waals surface area contributed by atoms with Gasteiger partial charge in [-0.25, -0.2) is 0 Å². The molecule has 1 aliphatic heterocycles. The van der Waals surface area contributed by atoms with Crippen LogP contribution in [0.15, 0.2) is 22.7 Å². The van der Waals surface area contributed by atoms with Crippen molar-refractivity contribution in [1.29, 1.82) is 0 Å². The summed E-state index contributed by atoms with van der Waals surface area (Å²) >= 11 is 8.50. The second-order valence-electron chi connectivity index (χ2n) is 6.06. The largest absolute Gasteiger partial charge is 0.348 e. The summed E-state index contributed by atoms with van der Waals surface area (Å²) in [6.07, 6.45) is 0.208. The number of carbonyl (C=O) groups excluding carboxylic acids is 2. The highest BCUT2D eigenvalue weighted by Crippen LogP contribution is 2.28. The SMILES string of the molecule is Cc1cc(N2CC(C(=O)NCc3n[nH]c(=S)n3C)CC2=O)ccc1Br.